The molecule has 8 nitrogen and oxygen atoms in total. The SMILES string of the molecule is COc1cc(/C=C2/C(=N)N3N=C(CC(C)C)SC3=NC2=O)ccc1OCCOc1c(C)cccc1C. The first kappa shape index (κ1) is 25.5. The highest BCUT2D eigenvalue weighted by atomic mass is 32.2. The molecular weight excluding hydrogens is 476 g/mol. The van der Waals surface area contributed by atoms with Gasteiger partial charge in [0.05, 0.1) is 12.7 Å². The number of amides is 1. The van der Waals surface area contributed by atoms with Crippen LogP contribution in [0.5, 0.6) is 17.2 Å². The predicted octanol–water partition coefficient (Wildman–Crippen LogP) is 5.44. The maximum atomic E-state index is 12.7. The largest absolute Gasteiger partial charge is 0.493 e. The molecule has 0 fully saturated rings. The molecule has 2 aliphatic rings. The molecule has 0 spiro atoms. The van der Waals surface area contributed by atoms with Gasteiger partial charge >= 0.3 is 0 Å². The van der Waals surface area contributed by atoms with Crippen LogP contribution in [0.3, 0.4) is 0 Å². The van der Waals surface area contributed by atoms with Crippen LogP contribution in [0.2, 0.25) is 0 Å². The summed E-state index contributed by atoms with van der Waals surface area (Å²) in [5, 5.41) is 15.8. The van der Waals surface area contributed by atoms with Crippen molar-refractivity contribution in [2.45, 2.75) is 34.1 Å². The van der Waals surface area contributed by atoms with Crippen molar-refractivity contribution < 1.29 is 19.0 Å². The van der Waals surface area contributed by atoms with E-state index in [1.807, 2.05) is 38.1 Å². The Labute approximate surface area is 215 Å². The minimum absolute atomic E-state index is 0.0131. The number of aliphatic imine (C=N–C) groups is 1. The number of rotatable bonds is 9. The number of fused-ring (bicyclic) bond motifs is 1. The molecule has 0 unspecified atom stereocenters. The van der Waals surface area contributed by atoms with E-state index in [9.17, 15) is 4.79 Å². The molecule has 36 heavy (non-hydrogen) atoms. The first-order valence-corrected chi connectivity index (χ1v) is 12.6. The molecule has 1 amide bonds. The number of ether oxygens (including phenoxy) is 3. The predicted molar refractivity (Wildman–Crippen MR) is 144 cm³/mol. The van der Waals surface area contributed by atoms with E-state index in [0.717, 1.165) is 28.3 Å². The van der Waals surface area contributed by atoms with Crippen LogP contribution in [0.1, 0.15) is 37.0 Å². The van der Waals surface area contributed by atoms with Crippen LogP contribution in [-0.4, -0.2) is 47.3 Å². The van der Waals surface area contributed by atoms with Gasteiger partial charge in [0.25, 0.3) is 5.91 Å². The lowest BCUT2D eigenvalue weighted by Gasteiger charge is -2.20. The fourth-order valence-electron chi connectivity index (χ4n) is 3.85. The minimum Gasteiger partial charge on any atom is -0.493 e. The zero-order valence-corrected chi connectivity index (χ0v) is 21.9. The first-order valence-electron chi connectivity index (χ1n) is 11.8. The van der Waals surface area contributed by atoms with Crippen molar-refractivity contribution in [1.82, 2.24) is 5.01 Å². The number of para-hydroxylation sites is 1. The lowest BCUT2D eigenvalue weighted by atomic mass is 10.1. The Kier molecular flexibility index (Phi) is 7.79. The number of benzene rings is 2. The van der Waals surface area contributed by atoms with Crippen LogP contribution in [0.15, 0.2) is 52.1 Å². The Hall–Kier alpha value is -3.59. The van der Waals surface area contributed by atoms with E-state index in [1.165, 1.54) is 16.8 Å². The van der Waals surface area contributed by atoms with E-state index >= 15 is 0 Å². The number of carbonyl (C=O) groups excluding carboxylic acids is 1. The van der Waals surface area contributed by atoms with E-state index in [1.54, 1.807) is 25.3 Å². The number of nitrogens with one attached hydrogen (secondary N) is 1. The number of carbonyl (C=O) groups is 1. The highest BCUT2D eigenvalue weighted by Crippen LogP contribution is 2.32. The molecule has 188 valence electrons. The van der Waals surface area contributed by atoms with Gasteiger partial charge in [-0.25, -0.2) is 0 Å². The first-order chi connectivity index (χ1) is 17.3. The van der Waals surface area contributed by atoms with Gasteiger partial charge in [-0.15, -0.1) is 0 Å². The Bertz CT molecular complexity index is 1260. The second kappa shape index (κ2) is 11.0. The van der Waals surface area contributed by atoms with Gasteiger partial charge < -0.3 is 14.2 Å². The van der Waals surface area contributed by atoms with Crippen LogP contribution >= 0.6 is 11.8 Å². The van der Waals surface area contributed by atoms with Crippen molar-refractivity contribution in [2.75, 3.05) is 20.3 Å². The van der Waals surface area contributed by atoms with E-state index in [2.05, 4.69) is 23.9 Å². The van der Waals surface area contributed by atoms with Gasteiger partial charge in [0.15, 0.2) is 17.3 Å². The number of aryl methyl sites for hydroxylation is 2. The molecule has 2 aliphatic heterocycles. The molecule has 0 saturated heterocycles. The molecule has 4 rings (SSSR count). The van der Waals surface area contributed by atoms with Crippen molar-refractivity contribution >= 4 is 39.8 Å². The number of hydrazone groups is 1. The molecule has 0 atom stereocenters. The van der Waals surface area contributed by atoms with Crippen LogP contribution in [-0.2, 0) is 4.79 Å². The van der Waals surface area contributed by atoms with Crippen LogP contribution in [0.4, 0.5) is 0 Å². The number of hydrogen-bond donors (Lipinski definition) is 1. The zero-order chi connectivity index (χ0) is 25.8. The topological polar surface area (TPSA) is 96.6 Å². The Morgan fingerprint density at radius 1 is 1.08 bits per heavy atom. The molecule has 2 aromatic carbocycles. The van der Waals surface area contributed by atoms with Crippen LogP contribution in [0.25, 0.3) is 6.08 Å². The molecular formula is C27H30N4O4S. The summed E-state index contributed by atoms with van der Waals surface area (Å²) in [6, 6.07) is 11.4. The molecule has 2 aromatic rings. The summed E-state index contributed by atoms with van der Waals surface area (Å²) >= 11 is 1.35. The fourth-order valence-corrected chi connectivity index (χ4v) is 4.94. The normalized spacial score (nSPS) is 16.3. The van der Waals surface area contributed by atoms with Crippen molar-refractivity contribution in [3.05, 3.63) is 58.7 Å². The number of hydrogen-bond acceptors (Lipinski definition) is 7. The summed E-state index contributed by atoms with van der Waals surface area (Å²) in [7, 11) is 1.56. The summed E-state index contributed by atoms with van der Waals surface area (Å²) < 4.78 is 17.3. The number of amidine groups is 2. The Balaban J connectivity index is 1.44. The number of thioether (sulfide) groups is 1. The van der Waals surface area contributed by atoms with Gasteiger partial charge in [0.2, 0.25) is 5.17 Å². The quantitative estimate of drug-likeness (QED) is 0.360. The monoisotopic (exact) mass is 506 g/mol. The van der Waals surface area contributed by atoms with Gasteiger partial charge in [-0.1, -0.05) is 38.1 Å². The Morgan fingerprint density at radius 3 is 2.50 bits per heavy atom. The van der Waals surface area contributed by atoms with Gasteiger partial charge in [-0.3, -0.25) is 10.2 Å². The molecule has 2 heterocycles. The second-order valence-electron chi connectivity index (χ2n) is 8.94. The average Bonchev–Trinajstić information content (AvgIpc) is 3.23. The van der Waals surface area contributed by atoms with Gasteiger partial charge in [-0.2, -0.15) is 15.1 Å². The van der Waals surface area contributed by atoms with Crippen LogP contribution in [0, 0.1) is 25.2 Å². The Morgan fingerprint density at radius 2 is 1.81 bits per heavy atom. The average molecular weight is 507 g/mol. The van der Waals surface area contributed by atoms with Crippen molar-refractivity contribution in [3.8, 4) is 17.2 Å². The fraction of sp³-hybridized carbons (Fsp3) is 0.333. The van der Waals surface area contributed by atoms with Crippen molar-refractivity contribution in [2.24, 2.45) is 16.0 Å². The summed E-state index contributed by atoms with van der Waals surface area (Å²) in [4.78, 5) is 16.8. The standard InChI is InChI=1S/C27H30N4O4S/c1-16(2)13-23-30-31-25(28)20(26(32)29-27(31)36-23)14-19-9-10-21(22(15-19)33-5)34-11-12-35-24-17(3)7-6-8-18(24)4/h6-10,14-16,28H,11-13H2,1-5H3/b20-14-,28-25?. The van der Waals surface area contributed by atoms with Crippen molar-refractivity contribution in [3.63, 3.8) is 0 Å². The third kappa shape index (κ3) is 5.62. The molecule has 0 radical (unpaired) electrons. The maximum Gasteiger partial charge on any atom is 0.283 e. The molecule has 0 bridgehead atoms. The van der Waals surface area contributed by atoms with Crippen LogP contribution < -0.4 is 14.2 Å². The molecule has 0 saturated carbocycles. The maximum absolute atomic E-state index is 12.7. The van der Waals surface area contributed by atoms with E-state index in [4.69, 9.17) is 19.6 Å². The molecule has 1 N–H and O–H groups in total. The van der Waals surface area contributed by atoms with Crippen molar-refractivity contribution in [1.29, 1.82) is 5.41 Å². The van der Waals surface area contributed by atoms with Gasteiger partial charge in [-0.05, 0) is 66.4 Å². The highest BCUT2D eigenvalue weighted by molar-refractivity contribution is 8.26. The molecule has 0 aromatic heterocycles. The lowest BCUT2D eigenvalue weighted by molar-refractivity contribution is -0.114. The summed E-state index contributed by atoms with van der Waals surface area (Å²) in [5.74, 6) is 1.93. The summed E-state index contributed by atoms with van der Waals surface area (Å²) in [6.07, 6.45) is 2.40. The highest BCUT2D eigenvalue weighted by Gasteiger charge is 2.35. The second-order valence-corrected chi connectivity index (χ2v) is 9.98. The van der Waals surface area contributed by atoms with E-state index in [-0.39, 0.29) is 11.4 Å². The van der Waals surface area contributed by atoms with E-state index < -0.39 is 5.91 Å². The molecule has 0 aliphatic carbocycles. The third-order valence-electron chi connectivity index (χ3n) is 5.57. The number of methoxy groups -OCH3 is 1. The molecule has 9 heteroatoms. The third-order valence-corrected chi connectivity index (χ3v) is 6.50. The zero-order valence-electron chi connectivity index (χ0n) is 21.1. The minimum atomic E-state index is -0.456. The smallest absolute Gasteiger partial charge is 0.283 e. The lowest BCUT2D eigenvalue weighted by Crippen LogP contribution is -2.35. The van der Waals surface area contributed by atoms with Gasteiger partial charge in [0, 0.05) is 6.42 Å². The van der Waals surface area contributed by atoms with Gasteiger partial charge in [0.1, 0.15) is 24.0 Å². The summed E-state index contributed by atoms with van der Waals surface area (Å²) in [5.41, 5.74) is 3.03. The number of nitrogens with zero attached hydrogens (tertiary/aromatic N) is 3. The summed E-state index contributed by atoms with van der Waals surface area (Å²) in [6.45, 7) is 8.96. The van der Waals surface area contributed by atoms with E-state index in [0.29, 0.717) is 41.4 Å².